The first kappa shape index (κ1) is 38.3. The maximum absolute atomic E-state index is 12.1. The Morgan fingerprint density at radius 2 is 1.02 bits per heavy atom. The molecule has 264 valence electrons. The average Bonchev–Trinajstić information content (AvgIpc) is 3.02. The molecular formula is C33H47BrN6O8. The van der Waals surface area contributed by atoms with Crippen LogP contribution in [0.5, 0.6) is 0 Å². The van der Waals surface area contributed by atoms with Crippen LogP contribution in [-0.2, 0) is 18.9 Å². The van der Waals surface area contributed by atoms with Crippen LogP contribution in [0.15, 0.2) is 29.0 Å². The molecule has 2 aliphatic rings. The minimum atomic E-state index is -0.498. The fraction of sp³-hybridized carbons (Fsp3) is 0.576. The Labute approximate surface area is 290 Å². The van der Waals surface area contributed by atoms with E-state index in [0.717, 1.165) is 21.7 Å². The third-order valence-corrected chi connectivity index (χ3v) is 7.76. The van der Waals surface area contributed by atoms with Crippen LogP contribution in [0.1, 0.15) is 67.8 Å². The van der Waals surface area contributed by atoms with Crippen LogP contribution in [0, 0.1) is 6.92 Å². The minimum absolute atomic E-state index is 0.284. The Bertz CT molecular complexity index is 1350. The monoisotopic (exact) mass is 734 g/mol. The lowest BCUT2D eigenvalue weighted by molar-refractivity contribution is 0.0230. The second-order valence-corrected chi connectivity index (χ2v) is 14.1. The number of methoxy groups -OCH3 is 2. The lowest BCUT2D eigenvalue weighted by atomic mass is 10.2. The molecule has 0 spiro atoms. The van der Waals surface area contributed by atoms with Gasteiger partial charge in [0.05, 0.1) is 29.8 Å². The van der Waals surface area contributed by atoms with Gasteiger partial charge in [0.25, 0.3) is 0 Å². The van der Waals surface area contributed by atoms with Crippen molar-refractivity contribution in [1.29, 1.82) is 0 Å². The maximum atomic E-state index is 12.1. The summed E-state index contributed by atoms with van der Waals surface area (Å²) in [7, 11) is 2.68. The number of aryl methyl sites for hydroxylation is 1. The van der Waals surface area contributed by atoms with E-state index in [1.54, 1.807) is 21.9 Å². The van der Waals surface area contributed by atoms with E-state index >= 15 is 0 Å². The zero-order chi connectivity index (χ0) is 35.8. The van der Waals surface area contributed by atoms with Crippen molar-refractivity contribution in [2.75, 3.05) is 76.4 Å². The molecule has 0 bridgehead atoms. The molecule has 0 radical (unpaired) electrons. The van der Waals surface area contributed by atoms with Gasteiger partial charge in [0.15, 0.2) is 0 Å². The molecule has 0 atom stereocenters. The summed E-state index contributed by atoms with van der Waals surface area (Å²) in [6, 6.07) is 3.46. The molecule has 0 aliphatic carbocycles. The predicted molar refractivity (Wildman–Crippen MR) is 184 cm³/mol. The van der Waals surface area contributed by atoms with Crippen molar-refractivity contribution in [3.8, 4) is 0 Å². The van der Waals surface area contributed by atoms with Gasteiger partial charge in [0.1, 0.15) is 22.8 Å². The van der Waals surface area contributed by atoms with E-state index in [-0.39, 0.29) is 12.2 Å². The van der Waals surface area contributed by atoms with Crippen LogP contribution in [0.2, 0.25) is 0 Å². The topological polar surface area (TPSA) is 144 Å². The molecule has 48 heavy (non-hydrogen) atoms. The second-order valence-electron chi connectivity index (χ2n) is 13.3. The van der Waals surface area contributed by atoms with Gasteiger partial charge in [0, 0.05) is 64.8 Å². The van der Waals surface area contributed by atoms with Gasteiger partial charge in [0.2, 0.25) is 0 Å². The second kappa shape index (κ2) is 16.3. The number of esters is 2. The highest BCUT2D eigenvalue weighted by atomic mass is 79.9. The van der Waals surface area contributed by atoms with Crippen molar-refractivity contribution < 1.29 is 38.1 Å². The van der Waals surface area contributed by atoms with Crippen molar-refractivity contribution in [3.63, 3.8) is 0 Å². The molecule has 0 N–H and O–H groups in total. The molecule has 4 rings (SSSR count). The molecule has 15 heteroatoms. The number of hydrogen-bond acceptors (Lipinski definition) is 12. The molecule has 2 amide bonds. The van der Waals surface area contributed by atoms with Crippen molar-refractivity contribution in [1.82, 2.24) is 19.8 Å². The lowest BCUT2D eigenvalue weighted by Crippen LogP contribution is -2.50. The Kier molecular flexibility index (Phi) is 13.0. The number of pyridine rings is 2. The van der Waals surface area contributed by atoms with Gasteiger partial charge < -0.3 is 38.5 Å². The van der Waals surface area contributed by atoms with Crippen LogP contribution in [0.25, 0.3) is 0 Å². The maximum Gasteiger partial charge on any atom is 0.410 e. The average molecular weight is 736 g/mol. The van der Waals surface area contributed by atoms with Crippen molar-refractivity contribution in [3.05, 3.63) is 45.7 Å². The molecule has 0 aromatic carbocycles. The molecule has 0 unspecified atom stereocenters. The van der Waals surface area contributed by atoms with Crippen LogP contribution >= 0.6 is 15.9 Å². The number of nitrogens with zero attached hydrogens (tertiary/aromatic N) is 6. The van der Waals surface area contributed by atoms with E-state index in [9.17, 15) is 19.2 Å². The first-order valence-corrected chi connectivity index (χ1v) is 16.5. The summed E-state index contributed by atoms with van der Waals surface area (Å²) in [5.41, 5.74) is 0.744. The summed E-state index contributed by atoms with van der Waals surface area (Å²) in [5.74, 6) is 0.745. The molecule has 2 fully saturated rings. The largest absolute Gasteiger partial charge is 0.465 e. The smallest absolute Gasteiger partial charge is 0.410 e. The zero-order valence-corrected chi connectivity index (χ0v) is 30.9. The third-order valence-electron chi connectivity index (χ3n) is 7.18. The van der Waals surface area contributed by atoms with Gasteiger partial charge in [-0.1, -0.05) is 0 Å². The predicted octanol–water partition coefficient (Wildman–Crippen LogP) is 4.92. The van der Waals surface area contributed by atoms with Gasteiger partial charge in [-0.05, 0) is 82.1 Å². The minimum Gasteiger partial charge on any atom is -0.465 e. The SMILES string of the molecule is COC(=O)c1cnc(N2CCN(C(=O)OC(C)(C)C)CC2)c(Br)c1.COC(=O)c1cnc(N2CCN(C(=O)OC(C)(C)C)CC2)c(C)c1. The Hall–Kier alpha value is -4.14. The Morgan fingerprint density at radius 1 is 0.646 bits per heavy atom. The Morgan fingerprint density at radius 3 is 1.38 bits per heavy atom. The number of aromatic nitrogens is 2. The van der Waals surface area contributed by atoms with Gasteiger partial charge in [-0.2, -0.15) is 0 Å². The number of carbonyl (C=O) groups excluding carboxylic acids is 4. The van der Waals surface area contributed by atoms with Crippen LogP contribution in [0.4, 0.5) is 21.2 Å². The van der Waals surface area contributed by atoms with E-state index in [1.807, 2.05) is 48.5 Å². The molecule has 0 saturated carbocycles. The number of halogens is 1. The Balaban J connectivity index is 0.000000260. The number of rotatable bonds is 4. The molecule has 4 heterocycles. The highest BCUT2D eigenvalue weighted by Crippen LogP contribution is 2.26. The van der Waals surface area contributed by atoms with Gasteiger partial charge >= 0.3 is 24.1 Å². The molecule has 2 aromatic heterocycles. The summed E-state index contributed by atoms with van der Waals surface area (Å²) in [6.45, 7) is 17.9. The fourth-order valence-electron chi connectivity index (χ4n) is 4.88. The lowest BCUT2D eigenvalue weighted by Gasteiger charge is -2.36. The third kappa shape index (κ3) is 11.0. The van der Waals surface area contributed by atoms with E-state index in [1.165, 1.54) is 26.6 Å². The summed E-state index contributed by atoms with van der Waals surface area (Å²) in [4.78, 5) is 63.6. The quantitative estimate of drug-likeness (QED) is 0.311. The van der Waals surface area contributed by atoms with Crippen molar-refractivity contribution in [2.24, 2.45) is 0 Å². The summed E-state index contributed by atoms with van der Waals surface area (Å²) < 4.78 is 20.9. The number of amides is 2. The summed E-state index contributed by atoms with van der Waals surface area (Å²) in [6.07, 6.45) is 2.43. The number of hydrogen-bond donors (Lipinski definition) is 0. The molecule has 14 nitrogen and oxygen atoms in total. The molecule has 2 saturated heterocycles. The zero-order valence-electron chi connectivity index (χ0n) is 29.3. The normalized spacial score (nSPS) is 15.2. The van der Waals surface area contributed by atoms with E-state index < -0.39 is 23.1 Å². The van der Waals surface area contributed by atoms with Gasteiger partial charge in [-0.15, -0.1) is 0 Å². The summed E-state index contributed by atoms with van der Waals surface area (Å²) in [5, 5.41) is 0. The van der Waals surface area contributed by atoms with Crippen LogP contribution in [-0.4, -0.2) is 122 Å². The van der Waals surface area contributed by atoms with Crippen molar-refractivity contribution in [2.45, 2.75) is 59.7 Å². The standard InChI is InChI=1S/C17H25N3O4.C16H22BrN3O4/c1-12-10-13(15(21)23-5)11-18-14(12)19-6-8-20(9-7-19)16(22)24-17(2,3)4;1-16(2,3)24-15(22)20-7-5-19(6-8-20)13-12(17)9-11(10-18-13)14(21)23-4/h10-11H,6-9H2,1-5H3;9-10H,5-8H2,1-4H3. The molecular weight excluding hydrogens is 688 g/mol. The van der Waals surface area contributed by atoms with Crippen LogP contribution in [0.3, 0.4) is 0 Å². The fourth-order valence-corrected chi connectivity index (χ4v) is 5.48. The number of carbonyl (C=O) groups is 4. The highest BCUT2D eigenvalue weighted by molar-refractivity contribution is 9.10. The van der Waals surface area contributed by atoms with Gasteiger partial charge in [-0.25, -0.2) is 29.1 Å². The van der Waals surface area contributed by atoms with E-state index in [2.05, 4.69) is 40.4 Å². The number of piperazine rings is 2. The number of ether oxygens (including phenoxy) is 4. The van der Waals surface area contributed by atoms with E-state index in [4.69, 9.17) is 14.2 Å². The highest BCUT2D eigenvalue weighted by Gasteiger charge is 2.28. The summed E-state index contributed by atoms with van der Waals surface area (Å²) >= 11 is 3.45. The first-order valence-electron chi connectivity index (χ1n) is 15.7. The van der Waals surface area contributed by atoms with E-state index in [0.29, 0.717) is 63.5 Å². The van der Waals surface area contributed by atoms with Gasteiger partial charge in [-0.3, -0.25) is 0 Å². The number of anilines is 2. The first-order chi connectivity index (χ1) is 22.4. The molecule has 2 aromatic rings. The van der Waals surface area contributed by atoms with Crippen LogP contribution < -0.4 is 9.80 Å². The molecule has 2 aliphatic heterocycles. The van der Waals surface area contributed by atoms with Crippen molar-refractivity contribution >= 4 is 51.7 Å².